The standard InChI is InChI=1S/C50H59Br7O4/c1-12-19-49(14-3,15-4)60-43-31(7)23-32(24-36(43)51)47(8,9)33-25-39(54)45(40(55)26-33)59-22-18-20-50(16-5,17-6)61-46-41(56)29-35(30-42(46)57)48(10,11)34-27-37(52)44(38(53)28-34)58-21-13-2/h12-13,23-30H,1-2,14-22H2,3-11H3. The van der Waals surface area contributed by atoms with Crippen molar-refractivity contribution in [2.45, 2.75) is 129 Å². The molecule has 4 nitrogen and oxygen atoms in total. The summed E-state index contributed by atoms with van der Waals surface area (Å²) in [6.45, 7) is 28.5. The fraction of sp³-hybridized carbons (Fsp3) is 0.440. The summed E-state index contributed by atoms with van der Waals surface area (Å²) < 4.78 is 32.4. The van der Waals surface area contributed by atoms with Crippen LogP contribution in [0.25, 0.3) is 0 Å². The van der Waals surface area contributed by atoms with Crippen molar-refractivity contribution in [3.05, 3.63) is 133 Å². The van der Waals surface area contributed by atoms with E-state index in [1.807, 2.05) is 6.08 Å². The van der Waals surface area contributed by atoms with E-state index >= 15 is 0 Å². The van der Waals surface area contributed by atoms with Gasteiger partial charge in [-0.2, -0.15) is 0 Å². The van der Waals surface area contributed by atoms with Crippen molar-refractivity contribution in [2.24, 2.45) is 0 Å². The van der Waals surface area contributed by atoms with Crippen LogP contribution in [0.15, 0.2) is 105 Å². The Kier molecular flexibility index (Phi) is 19.3. The fourth-order valence-corrected chi connectivity index (χ4v) is 12.4. The number of aryl methyl sites for hydroxylation is 1. The SMILES string of the molecule is C=CCOc1c(Br)cc(C(C)(C)c2cc(Br)c(OC(CC)(CC)CCCOc3c(Br)cc(C(C)(C)c4cc(C)c(OC(CC)(CC)CC=C)c(Br)c4)cc3Br)c(Br)c2)cc1Br. The van der Waals surface area contributed by atoms with Crippen LogP contribution in [0.1, 0.15) is 128 Å². The van der Waals surface area contributed by atoms with E-state index < -0.39 is 0 Å². The van der Waals surface area contributed by atoms with Crippen LogP contribution >= 0.6 is 112 Å². The van der Waals surface area contributed by atoms with Gasteiger partial charge in [-0.1, -0.05) is 80.2 Å². The van der Waals surface area contributed by atoms with Gasteiger partial charge >= 0.3 is 0 Å². The highest BCUT2D eigenvalue weighted by Gasteiger charge is 2.34. The average molecular weight is 1280 g/mol. The van der Waals surface area contributed by atoms with Gasteiger partial charge in [-0.05, 0) is 227 Å². The van der Waals surface area contributed by atoms with Crippen molar-refractivity contribution in [1.82, 2.24) is 0 Å². The molecule has 0 saturated heterocycles. The number of rotatable bonds is 22. The first-order valence-corrected chi connectivity index (χ1v) is 26.4. The molecule has 0 atom stereocenters. The van der Waals surface area contributed by atoms with E-state index in [1.165, 1.54) is 5.56 Å². The highest BCUT2D eigenvalue weighted by Crippen LogP contribution is 2.47. The number of hydrogen-bond acceptors (Lipinski definition) is 4. The predicted octanol–water partition coefficient (Wildman–Crippen LogP) is 18.9. The van der Waals surface area contributed by atoms with Gasteiger partial charge in [0.1, 0.15) is 40.8 Å². The average Bonchev–Trinajstić information content (AvgIpc) is 3.21. The van der Waals surface area contributed by atoms with E-state index in [9.17, 15) is 0 Å². The molecule has 0 aromatic heterocycles. The lowest BCUT2D eigenvalue weighted by Gasteiger charge is -2.35. The first-order valence-electron chi connectivity index (χ1n) is 20.8. The zero-order chi connectivity index (χ0) is 45.5. The van der Waals surface area contributed by atoms with Crippen molar-refractivity contribution in [2.75, 3.05) is 13.2 Å². The highest BCUT2D eigenvalue weighted by atomic mass is 79.9. The van der Waals surface area contributed by atoms with Gasteiger partial charge in [-0.15, -0.1) is 6.58 Å². The van der Waals surface area contributed by atoms with Crippen LogP contribution in [0.3, 0.4) is 0 Å². The minimum atomic E-state index is -0.377. The van der Waals surface area contributed by atoms with Crippen molar-refractivity contribution in [1.29, 1.82) is 0 Å². The number of halogens is 7. The van der Waals surface area contributed by atoms with Crippen LogP contribution in [0.2, 0.25) is 0 Å². The summed E-state index contributed by atoms with van der Waals surface area (Å²) in [5, 5.41) is 0. The topological polar surface area (TPSA) is 36.9 Å². The molecule has 4 aromatic rings. The molecule has 0 aliphatic heterocycles. The van der Waals surface area contributed by atoms with Crippen molar-refractivity contribution in [3.63, 3.8) is 0 Å². The molecule has 0 heterocycles. The Morgan fingerprint density at radius 1 is 0.492 bits per heavy atom. The second-order valence-electron chi connectivity index (χ2n) is 16.7. The van der Waals surface area contributed by atoms with E-state index in [4.69, 9.17) is 18.9 Å². The van der Waals surface area contributed by atoms with E-state index in [0.717, 1.165) is 122 Å². The third-order valence-electron chi connectivity index (χ3n) is 12.2. The molecule has 0 aliphatic carbocycles. The highest BCUT2D eigenvalue weighted by molar-refractivity contribution is 9.12. The Morgan fingerprint density at radius 2 is 0.852 bits per heavy atom. The maximum absolute atomic E-state index is 6.97. The molecular weight excluding hydrogens is 1220 g/mol. The van der Waals surface area contributed by atoms with Crippen LogP contribution in [-0.2, 0) is 10.8 Å². The van der Waals surface area contributed by atoms with Gasteiger partial charge in [-0.25, -0.2) is 0 Å². The Labute approximate surface area is 424 Å². The fourth-order valence-electron chi connectivity index (χ4n) is 7.62. The summed E-state index contributed by atoms with van der Waals surface area (Å²) >= 11 is 26.8. The molecule has 61 heavy (non-hydrogen) atoms. The first-order chi connectivity index (χ1) is 28.7. The van der Waals surface area contributed by atoms with Crippen LogP contribution in [0.5, 0.6) is 23.0 Å². The molecule has 0 unspecified atom stereocenters. The minimum absolute atomic E-state index is 0.273. The molecule has 0 bridgehead atoms. The van der Waals surface area contributed by atoms with Crippen LogP contribution in [0.4, 0.5) is 0 Å². The van der Waals surface area contributed by atoms with Crippen LogP contribution < -0.4 is 18.9 Å². The Morgan fingerprint density at radius 3 is 1.23 bits per heavy atom. The first kappa shape index (κ1) is 52.5. The molecule has 0 spiro atoms. The Balaban J connectivity index is 1.48. The summed E-state index contributed by atoms with van der Waals surface area (Å²) in [6.07, 6.45) is 9.65. The molecule has 0 amide bonds. The third-order valence-corrected chi connectivity index (χ3v) is 16.3. The summed E-state index contributed by atoms with van der Waals surface area (Å²) in [4.78, 5) is 0. The molecule has 0 fully saturated rings. The minimum Gasteiger partial charge on any atom is -0.491 e. The number of benzene rings is 4. The molecule has 0 N–H and O–H groups in total. The van der Waals surface area contributed by atoms with Gasteiger partial charge in [0.15, 0.2) is 0 Å². The van der Waals surface area contributed by atoms with Crippen LogP contribution in [-0.4, -0.2) is 24.4 Å². The zero-order valence-corrected chi connectivity index (χ0v) is 47.9. The van der Waals surface area contributed by atoms with Gasteiger partial charge in [0.25, 0.3) is 0 Å². The monoisotopic (exact) mass is 1280 g/mol. The van der Waals surface area contributed by atoms with E-state index in [1.54, 1.807) is 6.08 Å². The number of hydrogen-bond donors (Lipinski definition) is 0. The molecular formula is C50H59Br7O4. The summed E-state index contributed by atoms with van der Waals surface area (Å²) in [7, 11) is 0. The molecule has 0 radical (unpaired) electrons. The lowest BCUT2D eigenvalue weighted by molar-refractivity contribution is 0.0434. The summed E-state index contributed by atoms with van der Waals surface area (Å²) in [6, 6.07) is 17.4. The van der Waals surface area contributed by atoms with E-state index in [-0.39, 0.29) is 22.0 Å². The molecule has 11 heteroatoms. The van der Waals surface area contributed by atoms with Gasteiger partial charge in [0.05, 0.1) is 37.9 Å². The van der Waals surface area contributed by atoms with Gasteiger partial charge in [-0.3, -0.25) is 0 Å². The zero-order valence-electron chi connectivity index (χ0n) is 36.8. The summed E-state index contributed by atoms with van der Waals surface area (Å²) in [5.74, 6) is 3.24. The normalized spacial score (nSPS) is 12.3. The largest absolute Gasteiger partial charge is 0.491 e. The summed E-state index contributed by atoms with van der Waals surface area (Å²) in [5.41, 5.74) is 4.42. The van der Waals surface area contributed by atoms with Crippen molar-refractivity contribution in [3.8, 4) is 23.0 Å². The van der Waals surface area contributed by atoms with Gasteiger partial charge in [0, 0.05) is 17.3 Å². The Hall–Kier alpha value is -1.08. The lowest BCUT2D eigenvalue weighted by atomic mass is 9.77. The second kappa shape index (κ2) is 22.4. The second-order valence-corrected chi connectivity index (χ2v) is 22.7. The lowest BCUT2D eigenvalue weighted by Crippen LogP contribution is -2.35. The maximum atomic E-state index is 6.97. The quantitative estimate of drug-likeness (QED) is 0.0580. The maximum Gasteiger partial charge on any atom is 0.148 e. The third kappa shape index (κ3) is 12.2. The molecule has 332 valence electrons. The Bertz CT molecular complexity index is 2090. The van der Waals surface area contributed by atoms with E-state index in [0.29, 0.717) is 13.2 Å². The molecule has 0 saturated carbocycles. The smallest absolute Gasteiger partial charge is 0.148 e. The number of ether oxygens (including phenoxy) is 4. The predicted molar refractivity (Wildman–Crippen MR) is 282 cm³/mol. The molecule has 4 rings (SSSR count). The van der Waals surface area contributed by atoms with Crippen LogP contribution in [0, 0.1) is 6.92 Å². The van der Waals surface area contributed by atoms with Gasteiger partial charge < -0.3 is 18.9 Å². The molecule has 0 aliphatic rings. The van der Waals surface area contributed by atoms with Crippen molar-refractivity contribution >= 4 is 112 Å². The van der Waals surface area contributed by atoms with Crippen molar-refractivity contribution < 1.29 is 18.9 Å². The molecule has 4 aromatic carbocycles. The van der Waals surface area contributed by atoms with Gasteiger partial charge in [0.2, 0.25) is 0 Å². The van der Waals surface area contributed by atoms with E-state index in [2.05, 4.69) is 236 Å².